The summed E-state index contributed by atoms with van der Waals surface area (Å²) >= 11 is 0. The van der Waals surface area contributed by atoms with Crippen LogP contribution in [0.3, 0.4) is 0 Å². The topological polar surface area (TPSA) is 100 Å². The molecule has 0 aliphatic rings. The Bertz CT molecular complexity index is 657. The summed E-state index contributed by atoms with van der Waals surface area (Å²) in [5, 5.41) is 0. The molecule has 0 bridgehead atoms. The molecule has 0 saturated carbocycles. The van der Waals surface area contributed by atoms with Crippen LogP contribution in [0.4, 0.5) is 0 Å². The number of nitrogens with two attached hydrogens (primary N) is 2. The van der Waals surface area contributed by atoms with Crippen LogP contribution in [0.25, 0.3) is 0 Å². The summed E-state index contributed by atoms with van der Waals surface area (Å²) in [6, 6.07) is 8.82. The van der Waals surface area contributed by atoms with Crippen molar-refractivity contribution >= 4 is 5.91 Å². The molecule has 2 aromatic rings. The molecule has 0 aliphatic carbocycles. The summed E-state index contributed by atoms with van der Waals surface area (Å²) in [4.78, 5) is 15.2. The minimum absolute atomic E-state index is 0.339. The van der Waals surface area contributed by atoms with E-state index in [9.17, 15) is 4.79 Å². The minimum atomic E-state index is -0.520. The SMILES string of the molecule is COc1cccc(Oc2ccc(C(N)=O)cn2)c1CCCCN. The van der Waals surface area contributed by atoms with Gasteiger partial charge in [-0.2, -0.15) is 0 Å². The maximum atomic E-state index is 11.1. The molecule has 0 spiro atoms. The highest BCUT2D eigenvalue weighted by Crippen LogP contribution is 2.32. The number of benzene rings is 1. The second-order valence-electron chi connectivity index (χ2n) is 5.03. The lowest BCUT2D eigenvalue weighted by Gasteiger charge is -2.14. The molecule has 6 nitrogen and oxygen atoms in total. The van der Waals surface area contributed by atoms with Crippen molar-refractivity contribution in [2.45, 2.75) is 19.3 Å². The van der Waals surface area contributed by atoms with Gasteiger partial charge in [0.1, 0.15) is 11.5 Å². The van der Waals surface area contributed by atoms with Gasteiger partial charge >= 0.3 is 0 Å². The molecule has 1 aromatic carbocycles. The first kappa shape index (κ1) is 16.8. The van der Waals surface area contributed by atoms with Gasteiger partial charge in [0, 0.05) is 17.8 Å². The van der Waals surface area contributed by atoms with Gasteiger partial charge in [0.2, 0.25) is 11.8 Å². The number of hydrogen-bond acceptors (Lipinski definition) is 5. The van der Waals surface area contributed by atoms with Crippen LogP contribution in [0.1, 0.15) is 28.8 Å². The highest BCUT2D eigenvalue weighted by molar-refractivity contribution is 5.92. The number of pyridine rings is 1. The Morgan fingerprint density at radius 1 is 1.17 bits per heavy atom. The Balaban J connectivity index is 2.22. The van der Waals surface area contributed by atoms with E-state index in [0.29, 0.717) is 23.7 Å². The number of carbonyl (C=O) groups excluding carboxylic acids is 1. The van der Waals surface area contributed by atoms with Crippen LogP contribution < -0.4 is 20.9 Å². The Morgan fingerprint density at radius 3 is 2.57 bits per heavy atom. The van der Waals surface area contributed by atoms with Gasteiger partial charge in [-0.25, -0.2) is 4.98 Å². The van der Waals surface area contributed by atoms with Gasteiger partial charge in [-0.15, -0.1) is 0 Å². The monoisotopic (exact) mass is 315 g/mol. The van der Waals surface area contributed by atoms with Gasteiger partial charge in [-0.1, -0.05) is 6.07 Å². The third kappa shape index (κ3) is 4.43. The molecule has 1 heterocycles. The van der Waals surface area contributed by atoms with Crippen molar-refractivity contribution in [2.24, 2.45) is 11.5 Å². The zero-order chi connectivity index (χ0) is 16.7. The average Bonchev–Trinajstić information content (AvgIpc) is 2.56. The van der Waals surface area contributed by atoms with E-state index < -0.39 is 5.91 Å². The van der Waals surface area contributed by atoms with Gasteiger partial charge in [-0.05, 0) is 44.0 Å². The number of primary amides is 1. The van der Waals surface area contributed by atoms with Crippen molar-refractivity contribution in [3.05, 3.63) is 47.7 Å². The van der Waals surface area contributed by atoms with E-state index in [1.165, 1.54) is 6.20 Å². The molecular weight excluding hydrogens is 294 g/mol. The summed E-state index contributed by atoms with van der Waals surface area (Å²) in [6.45, 7) is 0.654. The predicted molar refractivity (Wildman–Crippen MR) is 87.8 cm³/mol. The van der Waals surface area contributed by atoms with Gasteiger partial charge < -0.3 is 20.9 Å². The minimum Gasteiger partial charge on any atom is -0.496 e. The number of ether oxygens (including phenoxy) is 2. The van der Waals surface area contributed by atoms with Gasteiger partial charge in [0.15, 0.2) is 0 Å². The number of methoxy groups -OCH3 is 1. The van der Waals surface area contributed by atoms with Crippen molar-refractivity contribution in [1.29, 1.82) is 0 Å². The summed E-state index contributed by atoms with van der Waals surface area (Å²) in [5.41, 5.74) is 12.1. The molecule has 0 aliphatic heterocycles. The molecule has 1 aromatic heterocycles. The summed E-state index contributed by atoms with van der Waals surface area (Å²) in [6.07, 6.45) is 4.08. The number of carbonyl (C=O) groups is 1. The van der Waals surface area contributed by atoms with E-state index >= 15 is 0 Å². The molecule has 122 valence electrons. The molecular formula is C17H21N3O3. The van der Waals surface area contributed by atoms with Gasteiger partial charge in [-0.3, -0.25) is 4.79 Å². The first-order valence-corrected chi connectivity index (χ1v) is 7.45. The third-order valence-electron chi connectivity index (χ3n) is 3.43. The lowest BCUT2D eigenvalue weighted by molar-refractivity contribution is 0.1000. The largest absolute Gasteiger partial charge is 0.496 e. The Hall–Kier alpha value is -2.60. The fourth-order valence-electron chi connectivity index (χ4n) is 2.22. The molecule has 0 unspecified atom stereocenters. The molecule has 6 heteroatoms. The lowest BCUT2D eigenvalue weighted by atomic mass is 10.1. The Morgan fingerprint density at radius 2 is 1.96 bits per heavy atom. The number of rotatable bonds is 8. The lowest BCUT2D eigenvalue weighted by Crippen LogP contribution is -2.11. The first-order valence-electron chi connectivity index (χ1n) is 7.45. The van der Waals surface area contributed by atoms with E-state index in [1.54, 1.807) is 19.2 Å². The van der Waals surface area contributed by atoms with E-state index in [0.717, 1.165) is 30.6 Å². The summed E-state index contributed by atoms with van der Waals surface area (Å²) < 4.78 is 11.3. The van der Waals surface area contributed by atoms with Gasteiger partial charge in [0.25, 0.3) is 0 Å². The molecule has 1 amide bonds. The number of amides is 1. The van der Waals surface area contributed by atoms with Crippen LogP contribution in [-0.4, -0.2) is 24.5 Å². The molecule has 0 saturated heterocycles. The maximum Gasteiger partial charge on any atom is 0.250 e. The van der Waals surface area contributed by atoms with Crippen LogP contribution in [0, 0.1) is 0 Å². The summed E-state index contributed by atoms with van der Waals surface area (Å²) in [5.74, 6) is 1.32. The zero-order valence-electron chi connectivity index (χ0n) is 13.1. The quantitative estimate of drug-likeness (QED) is 0.728. The second kappa shape index (κ2) is 8.14. The molecule has 23 heavy (non-hydrogen) atoms. The highest BCUT2D eigenvalue weighted by atomic mass is 16.5. The van der Waals surface area contributed by atoms with Gasteiger partial charge in [0.05, 0.1) is 12.7 Å². The summed E-state index contributed by atoms with van der Waals surface area (Å²) in [7, 11) is 1.63. The highest BCUT2D eigenvalue weighted by Gasteiger charge is 2.12. The fraction of sp³-hybridized carbons (Fsp3) is 0.294. The van der Waals surface area contributed by atoms with E-state index in [2.05, 4.69) is 4.98 Å². The van der Waals surface area contributed by atoms with Crippen LogP contribution >= 0.6 is 0 Å². The average molecular weight is 315 g/mol. The normalized spacial score (nSPS) is 10.3. The van der Waals surface area contributed by atoms with Crippen LogP contribution in [0.15, 0.2) is 36.5 Å². The van der Waals surface area contributed by atoms with Crippen molar-refractivity contribution in [3.8, 4) is 17.4 Å². The van der Waals surface area contributed by atoms with Crippen LogP contribution in [-0.2, 0) is 6.42 Å². The maximum absolute atomic E-state index is 11.1. The Labute approximate surface area is 135 Å². The number of aromatic nitrogens is 1. The van der Waals surface area contributed by atoms with Crippen LogP contribution in [0.2, 0.25) is 0 Å². The smallest absolute Gasteiger partial charge is 0.250 e. The van der Waals surface area contributed by atoms with E-state index in [4.69, 9.17) is 20.9 Å². The third-order valence-corrected chi connectivity index (χ3v) is 3.43. The molecule has 4 N–H and O–H groups in total. The fourth-order valence-corrected chi connectivity index (χ4v) is 2.22. The number of hydrogen-bond donors (Lipinski definition) is 2. The van der Waals surface area contributed by atoms with Crippen LogP contribution in [0.5, 0.6) is 17.4 Å². The molecule has 2 rings (SSSR count). The standard InChI is InChI=1S/C17H21N3O3/c1-22-14-6-4-7-15(13(14)5-2-3-10-18)23-16-9-8-12(11-20-16)17(19)21/h4,6-9,11H,2-3,5,10,18H2,1H3,(H2,19,21). The van der Waals surface area contributed by atoms with E-state index in [1.807, 2.05) is 18.2 Å². The van der Waals surface area contributed by atoms with Crippen molar-refractivity contribution < 1.29 is 14.3 Å². The predicted octanol–water partition coefficient (Wildman–Crippen LogP) is 2.26. The molecule has 0 radical (unpaired) electrons. The second-order valence-corrected chi connectivity index (χ2v) is 5.03. The van der Waals surface area contributed by atoms with Crippen molar-refractivity contribution in [2.75, 3.05) is 13.7 Å². The number of unbranched alkanes of at least 4 members (excludes halogenated alkanes) is 1. The Kier molecular flexibility index (Phi) is 5.94. The van der Waals surface area contributed by atoms with Crippen molar-refractivity contribution in [3.63, 3.8) is 0 Å². The zero-order valence-corrected chi connectivity index (χ0v) is 13.1. The molecule has 0 fully saturated rings. The molecule has 0 atom stereocenters. The number of nitrogens with zero attached hydrogens (tertiary/aromatic N) is 1. The van der Waals surface area contributed by atoms with E-state index in [-0.39, 0.29) is 0 Å². The first-order chi connectivity index (χ1) is 11.2. The van der Waals surface area contributed by atoms with Crippen molar-refractivity contribution in [1.82, 2.24) is 4.98 Å².